The van der Waals surface area contributed by atoms with Crippen LogP contribution in [0.2, 0.25) is 0 Å². The third-order valence-electron chi connectivity index (χ3n) is 5.90. The van der Waals surface area contributed by atoms with Crippen LogP contribution in [0.15, 0.2) is 48.7 Å². The number of esters is 1. The Kier molecular flexibility index (Phi) is 4.28. The van der Waals surface area contributed by atoms with Crippen LogP contribution in [0.1, 0.15) is 24.1 Å². The van der Waals surface area contributed by atoms with Gasteiger partial charge in [0.25, 0.3) is 0 Å². The molecule has 3 aromatic rings. The van der Waals surface area contributed by atoms with Gasteiger partial charge in [-0.15, -0.1) is 0 Å². The van der Waals surface area contributed by atoms with Gasteiger partial charge < -0.3 is 14.5 Å². The van der Waals surface area contributed by atoms with Crippen LogP contribution in [0, 0.1) is 0 Å². The number of ether oxygens (including phenoxy) is 1. The number of anilines is 1. The summed E-state index contributed by atoms with van der Waals surface area (Å²) in [6.07, 6.45) is 2.52. The number of benzene rings is 1. The molecule has 6 nitrogen and oxygen atoms in total. The van der Waals surface area contributed by atoms with Crippen LogP contribution >= 0.6 is 0 Å². The first-order valence-electron chi connectivity index (χ1n) is 9.97. The first kappa shape index (κ1) is 17.3. The van der Waals surface area contributed by atoms with Crippen molar-refractivity contribution in [2.45, 2.75) is 19.3 Å². The van der Waals surface area contributed by atoms with Crippen molar-refractivity contribution in [2.24, 2.45) is 0 Å². The minimum absolute atomic E-state index is 0.219. The molecule has 0 bridgehead atoms. The van der Waals surface area contributed by atoms with Crippen molar-refractivity contribution in [3.8, 4) is 5.75 Å². The highest BCUT2D eigenvalue weighted by atomic mass is 16.5. The number of likely N-dealkylation sites (N-methyl/N-ethyl adjacent to an activating group) is 1. The number of piperazine rings is 1. The van der Waals surface area contributed by atoms with Crippen LogP contribution in [0.3, 0.4) is 0 Å². The van der Waals surface area contributed by atoms with Gasteiger partial charge in [0.2, 0.25) is 0 Å². The Bertz CT molecular complexity index is 987. The van der Waals surface area contributed by atoms with Crippen molar-refractivity contribution in [1.29, 1.82) is 0 Å². The molecule has 2 aliphatic rings. The summed E-state index contributed by atoms with van der Waals surface area (Å²) in [5.74, 6) is 0.121. The zero-order valence-corrected chi connectivity index (χ0v) is 16.0. The normalized spacial score (nSPS) is 20.2. The third kappa shape index (κ3) is 3.03. The fourth-order valence-corrected chi connectivity index (χ4v) is 4.16. The molecule has 0 spiro atoms. The van der Waals surface area contributed by atoms with Crippen molar-refractivity contribution in [1.82, 2.24) is 14.5 Å². The second-order valence-corrected chi connectivity index (χ2v) is 7.53. The summed E-state index contributed by atoms with van der Waals surface area (Å²) < 4.78 is 7.55. The zero-order valence-electron chi connectivity index (χ0n) is 16.0. The van der Waals surface area contributed by atoms with Gasteiger partial charge in [0.15, 0.2) is 0 Å². The molecule has 1 saturated heterocycles. The molecule has 0 amide bonds. The fraction of sp³-hybridized carbons (Fsp3) is 0.364. The minimum Gasteiger partial charge on any atom is -0.426 e. The topological polar surface area (TPSA) is 50.1 Å². The largest absolute Gasteiger partial charge is 0.426 e. The summed E-state index contributed by atoms with van der Waals surface area (Å²) >= 11 is 0. The predicted octanol–water partition coefficient (Wildman–Crippen LogP) is 2.72. The van der Waals surface area contributed by atoms with Crippen molar-refractivity contribution in [3.05, 3.63) is 59.9 Å². The Labute approximate surface area is 164 Å². The summed E-state index contributed by atoms with van der Waals surface area (Å²) in [5.41, 5.74) is 3.95. The first-order chi connectivity index (χ1) is 13.7. The Morgan fingerprint density at radius 2 is 1.96 bits per heavy atom. The maximum atomic E-state index is 12.7. The zero-order chi connectivity index (χ0) is 19.1. The second kappa shape index (κ2) is 6.95. The van der Waals surface area contributed by atoms with E-state index in [2.05, 4.69) is 34.0 Å². The van der Waals surface area contributed by atoms with E-state index in [1.807, 2.05) is 36.5 Å². The van der Waals surface area contributed by atoms with E-state index >= 15 is 0 Å². The standard InChI is InChI=1S/C22H24N4O2/c1-2-24-9-11-25(12-10-24)17-7-6-16-13-19(22(27)28-21(16)15-17)20-14-18-5-3-4-8-26(18)23-20/h3-8,14-15,19H,2,9-13H2,1H3. The lowest BCUT2D eigenvalue weighted by Gasteiger charge is -2.36. The molecule has 6 heteroatoms. The van der Waals surface area contributed by atoms with E-state index in [1.165, 1.54) is 0 Å². The van der Waals surface area contributed by atoms with Gasteiger partial charge in [-0.1, -0.05) is 19.1 Å². The lowest BCUT2D eigenvalue weighted by atomic mass is 9.93. The van der Waals surface area contributed by atoms with E-state index in [0.717, 1.165) is 55.2 Å². The highest BCUT2D eigenvalue weighted by Crippen LogP contribution is 2.36. The molecule has 1 aromatic carbocycles. The van der Waals surface area contributed by atoms with E-state index in [-0.39, 0.29) is 11.9 Å². The maximum Gasteiger partial charge on any atom is 0.320 e. The van der Waals surface area contributed by atoms with Crippen molar-refractivity contribution in [3.63, 3.8) is 0 Å². The molecule has 1 unspecified atom stereocenters. The molecule has 2 aliphatic heterocycles. The van der Waals surface area contributed by atoms with E-state index in [0.29, 0.717) is 12.2 Å². The lowest BCUT2D eigenvalue weighted by molar-refractivity contribution is -0.137. The van der Waals surface area contributed by atoms with Crippen LogP contribution in [0.25, 0.3) is 5.52 Å². The molecule has 0 radical (unpaired) electrons. The molecule has 5 rings (SSSR count). The van der Waals surface area contributed by atoms with Crippen LogP contribution in [-0.2, 0) is 11.2 Å². The molecule has 0 N–H and O–H groups in total. The number of carbonyl (C=O) groups excluding carboxylic acids is 1. The average molecular weight is 376 g/mol. The number of hydrogen-bond donors (Lipinski definition) is 0. The highest BCUT2D eigenvalue weighted by molar-refractivity contribution is 5.83. The predicted molar refractivity (Wildman–Crippen MR) is 108 cm³/mol. The van der Waals surface area contributed by atoms with Gasteiger partial charge >= 0.3 is 5.97 Å². The van der Waals surface area contributed by atoms with E-state index in [4.69, 9.17) is 4.74 Å². The third-order valence-corrected chi connectivity index (χ3v) is 5.90. The van der Waals surface area contributed by atoms with Crippen molar-refractivity contribution < 1.29 is 9.53 Å². The minimum atomic E-state index is -0.355. The molecule has 2 aromatic heterocycles. The molecule has 1 fully saturated rings. The molecule has 0 aliphatic carbocycles. The van der Waals surface area contributed by atoms with Crippen LogP contribution in [-0.4, -0.2) is 53.2 Å². The summed E-state index contributed by atoms with van der Waals surface area (Å²) in [7, 11) is 0. The van der Waals surface area contributed by atoms with Gasteiger partial charge in [0, 0.05) is 44.1 Å². The SMILES string of the molecule is CCN1CCN(c2ccc3c(c2)OC(=O)C(c2cc4ccccn4n2)C3)CC1. The first-order valence-corrected chi connectivity index (χ1v) is 9.97. The van der Waals surface area contributed by atoms with Crippen LogP contribution in [0.5, 0.6) is 5.75 Å². The molecule has 144 valence electrons. The van der Waals surface area contributed by atoms with Crippen molar-refractivity contribution in [2.75, 3.05) is 37.6 Å². The monoisotopic (exact) mass is 376 g/mol. The lowest BCUT2D eigenvalue weighted by Crippen LogP contribution is -2.46. The number of carbonyl (C=O) groups is 1. The van der Waals surface area contributed by atoms with Gasteiger partial charge in [-0.05, 0) is 42.8 Å². The summed E-state index contributed by atoms with van der Waals surface area (Å²) in [6, 6.07) is 14.1. The quantitative estimate of drug-likeness (QED) is 0.520. The number of hydrogen-bond acceptors (Lipinski definition) is 5. The smallest absolute Gasteiger partial charge is 0.320 e. The number of rotatable bonds is 3. The average Bonchev–Trinajstić information content (AvgIpc) is 3.17. The Balaban J connectivity index is 1.38. The Morgan fingerprint density at radius 3 is 2.75 bits per heavy atom. The molecule has 0 saturated carbocycles. The van der Waals surface area contributed by atoms with E-state index in [1.54, 1.807) is 4.52 Å². The molecule has 28 heavy (non-hydrogen) atoms. The molecular weight excluding hydrogens is 352 g/mol. The summed E-state index contributed by atoms with van der Waals surface area (Å²) in [6.45, 7) is 7.45. The van der Waals surface area contributed by atoms with Crippen LogP contribution in [0.4, 0.5) is 5.69 Å². The van der Waals surface area contributed by atoms with Gasteiger partial charge in [-0.2, -0.15) is 5.10 Å². The van der Waals surface area contributed by atoms with Crippen molar-refractivity contribution >= 4 is 17.2 Å². The molecular formula is C22H24N4O2. The maximum absolute atomic E-state index is 12.7. The Hall–Kier alpha value is -2.86. The fourth-order valence-electron chi connectivity index (χ4n) is 4.16. The van der Waals surface area contributed by atoms with Crippen LogP contribution < -0.4 is 9.64 Å². The number of pyridine rings is 1. The van der Waals surface area contributed by atoms with E-state index in [9.17, 15) is 4.79 Å². The second-order valence-electron chi connectivity index (χ2n) is 7.53. The number of aromatic nitrogens is 2. The van der Waals surface area contributed by atoms with Gasteiger partial charge in [-0.25, -0.2) is 4.52 Å². The summed E-state index contributed by atoms with van der Waals surface area (Å²) in [5, 5.41) is 4.57. The summed E-state index contributed by atoms with van der Waals surface area (Å²) in [4.78, 5) is 17.5. The molecule has 4 heterocycles. The van der Waals surface area contributed by atoms with Gasteiger partial charge in [0.05, 0.1) is 11.2 Å². The van der Waals surface area contributed by atoms with Gasteiger partial charge in [-0.3, -0.25) is 4.79 Å². The number of nitrogens with zero attached hydrogens (tertiary/aromatic N) is 4. The highest BCUT2D eigenvalue weighted by Gasteiger charge is 2.32. The number of fused-ring (bicyclic) bond motifs is 2. The molecule has 1 atom stereocenters. The Morgan fingerprint density at radius 1 is 1.11 bits per heavy atom. The van der Waals surface area contributed by atoms with E-state index < -0.39 is 0 Å². The van der Waals surface area contributed by atoms with Gasteiger partial charge in [0.1, 0.15) is 11.7 Å².